The summed E-state index contributed by atoms with van der Waals surface area (Å²) in [7, 11) is 0. The number of nitro benzene ring substituents is 1. The first kappa shape index (κ1) is 14.2. The predicted octanol–water partition coefficient (Wildman–Crippen LogP) is 3.49. The van der Waals surface area contributed by atoms with Gasteiger partial charge in [-0.3, -0.25) is 10.1 Å². The van der Waals surface area contributed by atoms with Crippen LogP contribution in [0.15, 0.2) is 36.5 Å². The van der Waals surface area contributed by atoms with Crippen molar-refractivity contribution < 1.29 is 14.8 Å². The molecule has 0 amide bonds. The lowest BCUT2D eigenvalue weighted by Gasteiger charge is -2.07. The highest BCUT2D eigenvalue weighted by Crippen LogP contribution is 2.32. The zero-order chi connectivity index (χ0) is 14.7. The molecular weight excluding hydrogens is 284 g/mol. The molecule has 2 aromatic rings. The van der Waals surface area contributed by atoms with Gasteiger partial charge in [-0.15, -0.1) is 0 Å². The number of hydrogen-bond donors (Lipinski definition) is 1. The molecule has 20 heavy (non-hydrogen) atoms. The van der Waals surface area contributed by atoms with Crippen LogP contribution < -0.4 is 4.74 Å². The van der Waals surface area contributed by atoms with Gasteiger partial charge in [0.2, 0.25) is 11.6 Å². The standard InChI is InChI=1S/C13H11ClN2O4/c1-8(17)9-2-5-13(15-7-9)20-12-4-3-10(14)6-11(12)16(18)19/h2-8,17H,1H3. The summed E-state index contributed by atoms with van der Waals surface area (Å²) in [5.41, 5.74) is 0.391. The molecule has 2 rings (SSSR count). The third-order valence-electron chi connectivity index (χ3n) is 2.57. The number of pyridine rings is 1. The molecule has 6 nitrogen and oxygen atoms in total. The van der Waals surface area contributed by atoms with Crippen molar-refractivity contribution in [3.63, 3.8) is 0 Å². The number of rotatable bonds is 4. The number of nitrogens with zero attached hydrogens (tertiary/aromatic N) is 2. The van der Waals surface area contributed by atoms with Crippen molar-refractivity contribution in [3.8, 4) is 11.6 Å². The van der Waals surface area contributed by atoms with E-state index in [4.69, 9.17) is 16.3 Å². The highest BCUT2D eigenvalue weighted by Gasteiger charge is 2.17. The van der Waals surface area contributed by atoms with Crippen molar-refractivity contribution >= 4 is 17.3 Å². The van der Waals surface area contributed by atoms with E-state index in [0.29, 0.717) is 5.56 Å². The summed E-state index contributed by atoms with van der Waals surface area (Å²) >= 11 is 5.72. The fourth-order valence-electron chi connectivity index (χ4n) is 1.53. The summed E-state index contributed by atoms with van der Waals surface area (Å²) in [5, 5.41) is 20.5. The van der Waals surface area contributed by atoms with Crippen molar-refractivity contribution in [1.82, 2.24) is 4.98 Å². The molecule has 1 heterocycles. The van der Waals surface area contributed by atoms with Crippen molar-refractivity contribution in [1.29, 1.82) is 0 Å². The number of halogens is 1. The minimum Gasteiger partial charge on any atom is -0.432 e. The molecule has 1 aromatic heterocycles. The maximum absolute atomic E-state index is 10.9. The Morgan fingerprint density at radius 3 is 2.70 bits per heavy atom. The Balaban J connectivity index is 2.28. The summed E-state index contributed by atoms with van der Waals surface area (Å²) in [6.45, 7) is 1.61. The van der Waals surface area contributed by atoms with E-state index in [9.17, 15) is 15.2 Å². The molecule has 0 bridgehead atoms. The van der Waals surface area contributed by atoms with E-state index in [0.717, 1.165) is 0 Å². The van der Waals surface area contributed by atoms with Gasteiger partial charge in [-0.2, -0.15) is 0 Å². The average molecular weight is 295 g/mol. The van der Waals surface area contributed by atoms with Crippen molar-refractivity contribution in [2.24, 2.45) is 0 Å². The molecular formula is C13H11ClN2O4. The quantitative estimate of drug-likeness (QED) is 0.689. The second-order valence-electron chi connectivity index (χ2n) is 4.08. The Morgan fingerprint density at radius 2 is 2.15 bits per heavy atom. The lowest BCUT2D eigenvalue weighted by molar-refractivity contribution is -0.385. The van der Waals surface area contributed by atoms with Crippen LogP contribution in [0.3, 0.4) is 0 Å². The van der Waals surface area contributed by atoms with Gasteiger partial charge in [0.1, 0.15) is 0 Å². The van der Waals surface area contributed by atoms with E-state index in [1.807, 2.05) is 0 Å². The fourth-order valence-corrected chi connectivity index (χ4v) is 1.70. The van der Waals surface area contributed by atoms with Gasteiger partial charge < -0.3 is 9.84 Å². The van der Waals surface area contributed by atoms with Gasteiger partial charge in [0.15, 0.2) is 0 Å². The van der Waals surface area contributed by atoms with E-state index in [2.05, 4.69) is 4.98 Å². The third kappa shape index (κ3) is 3.23. The minimum absolute atomic E-state index is 0.0525. The van der Waals surface area contributed by atoms with Gasteiger partial charge in [-0.05, 0) is 30.7 Å². The fraction of sp³-hybridized carbons (Fsp3) is 0.154. The van der Waals surface area contributed by atoms with Gasteiger partial charge in [-0.1, -0.05) is 11.6 Å². The molecule has 0 saturated carbocycles. The number of aromatic nitrogens is 1. The van der Waals surface area contributed by atoms with Crippen LogP contribution in [0.25, 0.3) is 0 Å². The maximum atomic E-state index is 10.9. The van der Waals surface area contributed by atoms with E-state index in [-0.39, 0.29) is 22.3 Å². The molecule has 0 aliphatic carbocycles. The lowest BCUT2D eigenvalue weighted by Crippen LogP contribution is -1.96. The highest BCUT2D eigenvalue weighted by molar-refractivity contribution is 6.30. The Bertz CT molecular complexity index is 629. The third-order valence-corrected chi connectivity index (χ3v) is 2.81. The lowest BCUT2D eigenvalue weighted by atomic mass is 10.2. The molecule has 1 aromatic carbocycles. The molecule has 0 radical (unpaired) electrons. The van der Waals surface area contributed by atoms with Crippen LogP contribution in [0.2, 0.25) is 5.02 Å². The maximum Gasteiger partial charge on any atom is 0.313 e. The molecule has 0 saturated heterocycles. The number of nitro groups is 1. The monoisotopic (exact) mass is 294 g/mol. The highest BCUT2D eigenvalue weighted by atomic mass is 35.5. The van der Waals surface area contributed by atoms with E-state index >= 15 is 0 Å². The van der Waals surface area contributed by atoms with Crippen LogP contribution in [0.5, 0.6) is 11.6 Å². The molecule has 0 aliphatic heterocycles. The zero-order valence-corrected chi connectivity index (χ0v) is 11.2. The number of aliphatic hydroxyl groups is 1. The van der Waals surface area contributed by atoms with Gasteiger partial charge in [0, 0.05) is 23.4 Å². The van der Waals surface area contributed by atoms with Gasteiger partial charge in [0.25, 0.3) is 0 Å². The van der Waals surface area contributed by atoms with Gasteiger partial charge in [0.05, 0.1) is 11.0 Å². The average Bonchev–Trinajstić information content (AvgIpc) is 2.41. The molecule has 1 N–H and O–H groups in total. The first-order valence-electron chi connectivity index (χ1n) is 5.73. The van der Waals surface area contributed by atoms with Crippen LogP contribution >= 0.6 is 11.6 Å². The number of aliphatic hydroxyl groups excluding tert-OH is 1. The van der Waals surface area contributed by atoms with Crippen LogP contribution in [-0.2, 0) is 0 Å². The van der Waals surface area contributed by atoms with Crippen molar-refractivity contribution in [3.05, 3.63) is 57.2 Å². The molecule has 104 valence electrons. The van der Waals surface area contributed by atoms with Crippen molar-refractivity contribution in [2.75, 3.05) is 0 Å². The topological polar surface area (TPSA) is 85.5 Å². The van der Waals surface area contributed by atoms with E-state index in [1.165, 1.54) is 30.5 Å². The summed E-state index contributed by atoms with van der Waals surface area (Å²) in [4.78, 5) is 14.3. The largest absolute Gasteiger partial charge is 0.432 e. The van der Waals surface area contributed by atoms with Crippen LogP contribution in [-0.4, -0.2) is 15.0 Å². The summed E-state index contributed by atoms with van der Waals surface area (Å²) in [6.07, 6.45) is 0.809. The number of hydrogen-bond acceptors (Lipinski definition) is 5. The Hall–Kier alpha value is -2.18. The number of ether oxygens (including phenoxy) is 1. The molecule has 1 atom stereocenters. The van der Waals surface area contributed by atoms with Crippen LogP contribution in [0.4, 0.5) is 5.69 Å². The molecule has 0 fully saturated rings. The predicted molar refractivity (Wildman–Crippen MR) is 73.1 cm³/mol. The first-order chi connectivity index (χ1) is 9.47. The SMILES string of the molecule is CC(O)c1ccc(Oc2ccc(Cl)cc2[N+](=O)[O-])nc1. The smallest absolute Gasteiger partial charge is 0.313 e. The summed E-state index contributed by atoms with van der Waals surface area (Å²) in [6, 6.07) is 7.27. The minimum atomic E-state index is -0.638. The van der Waals surface area contributed by atoms with Crippen LogP contribution in [0, 0.1) is 10.1 Å². The zero-order valence-electron chi connectivity index (χ0n) is 10.5. The summed E-state index contributed by atoms with van der Waals surface area (Å²) in [5.74, 6) is 0.247. The normalized spacial score (nSPS) is 11.9. The van der Waals surface area contributed by atoms with Crippen LogP contribution in [0.1, 0.15) is 18.6 Å². The Labute approximate surface area is 119 Å². The second kappa shape index (κ2) is 5.85. The Morgan fingerprint density at radius 1 is 1.40 bits per heavy atom. The summed E-state index contributed by atoms with van der Waals surface area (Å²) < 4.78 is 5.37. The number of benzene rings is 1. The van der Waals surface area contributed by atoms with E-state index in [1.54, 1.807) is 13.0 Å². The molecule has 1 unspecified atom stereocenters. The second-order valence-corrected chi connectivity index (χ2v) is 4.51. The van der Waals surface area contributed by atoms with Gasteiger partial charge in [-0.25, -0.2) is 4.98 Å². The Kier molecular flexibility index (Phi) is 4.16. The molecule has 0 aliphatic rings. The molecule has 7 heteroatoms. The van der Waals surface area contributed by atoms with E-state index < -0.39 is 11.0 Å². The van der Waals surface area contributed by atoms with Gasteiger partial charge >= 0.3 is 5.69 Å². The van der Waals surface area contributed by atoms with Crippen molar-refractivity contribution in [2.45, 2.75) is 13.0 Å². The molecule has 0 spiro atoms. The first-order valence-corrected chi connectivity index (χ1v) is 6.11.